The van der Waals surface area contributed by atoms with Gasteiger partial charge in [0.15, 0.2) is 0 Å². The van der Waals surface area contributed by atoms with Gasteiger partial charge in [-0.15, -0.1) is 0 Å². The Morgan fingerprint density at radius 1 is 1.38 bits per heavy atom. The predicted octanol–water partition coefficient (Wildman–Crippen LogP) is 1.12. The Balaban J connectivity index is 2.06. The summed E-state index contributed by atoms with van der Waals surface area (Å²) >= 11 is 0. The van der Waals surface area contributed by atoms with Crippen molar-refractivity contribution in [2.24, 2.45) is 0 Å². The number of fused-ring (bicyclic) bond motifs is 3. The lowest BCUT2D eigenvalue weighted by molar-refractivity contribution is 0.120. The van der Waals surface area contributed by atoms with Gasteiger partial charge in [0, 0.05) is 17.9 Å². The molecule has 1 aliphatic rings. The van der Waals surface area contributed by atoms with Crippen molar-refractivity contribution in [1.82, 2.24) is 4.98 Å². The summed E-state index contributed by atoms with van der Waals surface area (Å²) < 4.78 is 33.1. The average molecular weight is 309 g/mol. The highest BCUT2D eigenvalue weighted by Crippen LogP contribution is 2.34. The molecule has 3 rings (SSSR count). The Morgan fingerprint density at radius 2 is 2.14 bits per heavy atom. The van der Waals surface area contributed by atoms with E-state index in [1.807, 2.05) is 13.0 Å². The summed E-state index contributed by atoms with van der Waals surface area (Å²) in [7, 11) is -3.51. The van der Waals surface area contributed by atoms with Crippen molar-refractivity contribution in [1.29, 1.82) is 0 Å². The fourth-order valence-corrected chi connectivity index (χ4v) is 3.28. The molecule has 0 saturated heterocycles. The van der Waals surface area contributed by atoms with E-state index in [1.165, 1.54) is 6.07 Å². The van der Waals surface area contributed by atoms with Gasteiger partial charge >= 0.3 is 0 Å². The van der Waals surface area contributed by atoms with Crippen LogP contribution in [0, 0.1) is 6.92 Å². The first-order valence-corrected chi connectivity index (χ1v) is 8.32. The first kappa shape index (κ1) is 14.1. The van der Waals surface area contributed by atoms with Gasteiger partial charge in [-0.25, -0.2) is 0 Å². The molecule has 1 N–H and O–H groups in total. The zero-order valence-electron chi connectivity index (χ0n) is 11.7. The van der Waals surface area contributed by atoms with Crippen LogP contribution in [-0.4, -0.2) is 32.4 Å². The molecule has 0 fully saturated rings. The van der Waals surface area contributed by atoms with Crippen LogP contribution in [0.25, 0.3) is 10.9 Å². The molecule has 1 atom stereocenters. The lowest BCUT2D eigenvalue weighted by Crippen LogP contribution is -2.31. The molecule has 1 aromatic carbocycles. The highest BCUT2D eigenvalue weighted by atomic mass is 32.2. The van der Waals surface area contributed by atoms with Gasteiger partial charge in [-0.05, 0) is 24.1 Å². The maximum absolute atomic E-state index is 11.4. The molecule has 2 aromatic rings. The van der Waals surface area contributed by atoms with Crippen LogP contribution in [0.3, 0.4) is 0 Å². The molecule has 0 spiro atoms. The van der Waals surface area contributed by atoms with E-state index in [0.717, 1.165) is 28.3 Å². The summed E-state index contributed by atoms with van der Waals surface area (Å²) in [5.41, 5.74) is 2.36. The number of H-pyrrole nitrogens is 1. The molecule has 21 heavy (non-hydrogen) atoms. The van der Waals surface area contributed by atoms with Crippen molar-refractivity contribution in [3.63, 3.8) is 0 Å². The molecule has 112 valence electrons. The molecule has 0 bridgehead atoms. The van der Waals surface area contributed by atoms with Crippen molar-refractivity contribution in [2.45, 2.75) is 19.4 Å². The Hall–Kier alpha value is -1.86. The molecular weight excluding hydrogens is 294 g/mol. The van der Waals surface area contributed by atoms with E-state index in [0.29, 0.717) is 12.2 Å². The molecule has 0 aliphatic carbocycles. The SMILES string of the molecule is Cc1cc2c(c3ccc(=O)[nH]c13)OCC(OS(C)(=O)=O)C2. The number of aromatic amines is 1. The average Bonchev–Trinajstić information content (AvgIpc) is 2.37. The zero-order valence-corrected chi connectivity index (χ0v) is 12.5. The second-order valence-corrected chi connectivity index (χ2v) is 6.83. The number of nitrogens with one attached hydrogen (secondary N) is 1. The lowest BCUT2D eigenvalue weighted by atomic mass is 9.98. The van der Waals surface area contributed by atoms with E-state index >= 15 is 0 Å². The van der Waals surface area contributed by atoms with Gasteiger partial charge in [0.1, 0.15) is 18.5 Å². The smallest absolute Gasteiger partial charge is 0.264 e. The third-order valence-electron chi connectivity index (χ3n) is 3.41. The Bertz CT molecular complexity index is 869. The van der Waals surface area contributed by atoms with Gasteiger partial charge in [-0.1, -0.05) is 6.07 Å². The standard InChI is InChI=1S/C14H15NO5S/c1-8-5-9-6-10(20-21(2,17)18)7-19-14(9)11-3-4-12(16)15-13(8)11/h3-5,10H,6-7H2,1-2H3,(H,15,16). The van der Waals surface area contributed by atoms with Crippen LogP contribution in [0.1, 0.15) is 11.1 Å². The number of ether oxygens (including phenoxy) is 1. The van der Waals surface area contributed by atoms with E-state index in [1.54, 1.807) is 6.07 Å². The largest absolute Gasteiger partial charge is 0.490 e. The molecule has 0 amide bonds. The van der Waals surface area contributed by atoms with Crippen LogP contribution in [0.5, 0.6) is 5.75 Å². The zero-order chi connectivity index (χ0) is 15.2. The quantitative estimate of drug-likeness (QED) is 0.840. The molecule has 1 aliphatic heterocycles. The van der Waals surface area contributed by atoms with Crippen LogP contribution >= 0.6 is 0 Å². The van der Waals surface area contributed by atoms with Gasteiger partial charge in [0.25, 0.3) is 10.1 Å². The third-order valence-corrected chi connectivity index (χ3v) is 4.03. The Labute approximate surface area is 121 Å². The van der Waals surface area contributed by atoms with Crippen LogP contribution in [-0.2, 0) is 20.7 Å². The summed E-state index contributed by atoms with van der Waals surface area (Å²) in [5.74, 6) is 0.681. The number of hydrogen-bond acceptors (Lipinski definition) is 5. The molecule has 1 aromatic heterocycles. The number of aromatic nitrogens is 1. The van der Waals surface area contributed by atoms with Gasteiger partial charge in [-0.2, -0.15) is 8.42 Å². The fourth-order valence-electron chi connectivity index (χ4n) is 2.66. The molecule has 6 nitrogen and oxygen atoms in total. The lowest BCUT2D eigenvalue weighted by Gasteiger charge is -2.26. The minimum atomic E-state index is -3.51. The Kier molecular flexibility index (Phi) is 3.26. The minimum absolute atomic E-state index is 0.164. The second kappa shape index (κ2) is 4.85. The van der Waals surface area contributed by atoms with E-state index in [9.17, 15) is 13.2 Å². The van der Waals surface area contributed by atoms with E-state index in [2.05, 4.69) is 4.98 Å². The first-order valence-electron chi connectivity index (χ1n) is 6.50. The number of pyridine rings is 1. The Morgan fingerprint density at radius 3 is 2.86 bits per heavy atom. The van der Waals surface area contributed by atoms with Crippen LogP contribution in [0.2, 0.25) is 0 Å². The molecule has 0 radical (unpaired) electrons. The van der Waals surface area contributed by atoms with Crippen LogP contribution in [0.15, 0.2) is 23.0 Å². The highest BCUT2D eigenvalue weighted by Gasteiger charge is 2.26. The molecule has 2 heterocycles. The van der Waals surface area contributed by atoms with E-state index < -0.39 is 16.2 Å². The normalized spacial score (nSPS) is 18.3. The molecule has 7 heteroatoms. The van der Waals surface area contributed by atoms with Gasteiger partial charge in [-0.3, -0.25) is 8.98 Å². The minimum Gasteiger partial charge on any atom is -0.490 e. The van der Waals surface area contributed by atoms with Crippen molar-refractivity contribution in [3.05, 3.63) is 39.7 Å². The van der Waals surface area contributed by atoms with Crippen molar-refractivity contribution in [2.75, 3.05) is 12.9 Å². The molecular formula is C14H15NO5S. The topological polar surface area (TPSA) is 85.5 Å². The summed E-state index contributed by atoms with van der Waals surface area (Å²) in [5, 5.41) is 0.822. The highest BCUT2D eigenvalue weighted by molar-refractivity contribution is 7.86. The maximum atomic E-state index is 11.4. The van der Waals surface area contributed by atoms with E-state index in [4.69, 9.17) is 8.92 Å². The number of rotatable bonds is 2. The van der Waals surface area contributed by atoms with Crippen molar-refractivity contribution >= 4 is 21.0 Å². The summed E-state index contributed by atoms with van der Waals surface area (Å²) in [4.78, 5) is 14.2. The number of benzene rings is 1. The monoisotopic (exact) mass is 309 g/mol. The van der Waals surface area contributed by atoms with E-state index in [-0.39, 0.29) is 12.2 Å². The van der Waals surface area contributed by atoms with Gasteiger partial charge in [0.05, 0.1) is 11.8 Å². The fraction of sp³-hybridized carbons (Fsp3) is 0.357. The van der Waals surface area contributed by atoms with Gasteiger partial charge in [0.2, 0.25) is 5.56 Å². The second-order valence-electron chi connectivity index (χ2n) is 5.23. The van der Waals surface area contributed by atoms with Crippen molar-refractivity contribution in [3.8, 4) is 5.75 Å². The molecule has 1 unspecified atom stereocenters. The summed E-state index contributed by atoms with van der Waals surface area (Å²) in [6.45, 7) is 2.05. The maximum Gasteiger partial charge on any atom is 0.264 e. The number of aryl methyl sites for hydroxylation is 1. The van der Waals surface area contributed by atoms with Gasteiger partial charge < -0.3 is 9.72 Å². The third kappa shape index (κ3) is 2.79. The van der Waals surface area contributed by atoms with Crippen LogP contribution in [0.4, 0.5) is 0 Å². The number of hydrogen-bond donors (Lipinski definition) is 1. The summed E-state index contributed by atoms with van der Waals surface area (Å²) in [6, 6.07) is 5.06. The molecule has 0 saturated carbocycles. The predicted molar refractivity (Wildman–Crippen MR) is 78.2 cm³/mol. The van der Waals surface area contributed by atoms with Crippen LogP contribution < -0.4 is 10.3 Å². The first-order chi connectivity index (χ1) is 9.83. The summed E-state index contributed by atoms with van der Waals surface area (Å²) in [6.07, 6.45) is 0.962. The van der Waals surface area contributed by atoms with Crippen molar-refractivity contribution < 1.29 is 17.3 Å².